The molecule has 2 heterocycles. The van der Waals surface area contributed by atoms with Crippen LogP contribution in [0.15, 0.2) is 9.85 Å². The van der Waals surface area contributed by atoms with Gasteiger partial charge in [0.15, 0.2) is 5.78 Å². The molecule has 12 heavy (non-hydrogen) atoms. The van der Waals surface area contributed by atoms with Crippen LogP contribution in [-0.4, -0.2) is 12.3 Å². The van der Waals surface area contributed by atoms with E-state index in [9.17, 15) is 4.79 Å². The molecule has 0 aromatic carbocycles. The summed E-state index contributed by atoms with van der Waals surface area (Å²) < 4.78 is 1.05. The Bertz CT molecular complexity index is 321. The first kappa shape index (κ1) is 8.41. The maximum absolute atomic E-state index is 11.5. The molecule has 1 aliphatic rings. The van der Waals surface area contributed by atoms with Gasteiger partial charge in [-0.25, -0.2) is 0 Å². The molecule has 0 aliphatic carbocycles. The molecular formula is C8H8BrNOS. The summed E-state index contributed by atoms with van der Waals surface area (Å²) in [6.45, 7) is 1.63. The lowest BCUT2D eigenvalue weighted by atomic mass is 10.2. The van der Waals surface area contributed by atoms with Gasteiger partial charge in [-0.3, -0.25) is 4.79 Å². The minimum Gasteiger partial charge on any atom is -0.312 e. The molecule has 1 aromatic heterocycles. The molecule has 1 aromatic rings. The number of fused-ring (bicyclic) bond motifs is 1. The molecule has 0 amide bonds. The van der Waals surface area contributed by atoms with E-state index >= 15 is 0 Å². The van der Waals surface area contributed by atoms with Crippen molar-refractivity contribution < 1.29 is 4.79 Å². The van der Waals surface area contributed by atoms with Crippen molar-refractivity contribution in [1.82, 2.24) is 5.32 Å². The SMILES string of the molecule is O=C1CCNCc2cc(Br)sc21. The van der Waals surface area contributed by atoms with E-state index in [2.05, 4.69) is 21.2 Å². The Balaban J connectivity index is 2.44. The number of thiophene rings is 1. The predicted octanol–water partition coefficient (Wildman–Crippen LogP) is 2.19. The van der Waals surface area contributed by atoms with Crippen molar-refractivity contribution >= 4 is 33.0 Å². The second-order valence-electron chi connectivity index (χ2n) is 2.75. The van der Waals surface area contributed by atoms with Gasteiger partial charge in [0, 0.05) is 19.5 Å². The average molecular weight is 246 g/mol. The Hall–Kier alpha value is -0.190. The van der Waals surface area contributed by atoms with E-state index < -0.39 is 0 Å². The lowest BCUT2D eigenvalue weighted by Crippen LogP contribution is -2.12. The van der Waals surface area contributed by atoms with Crippen LogP contribution in [0.1, 0.15) is 21.7 Å². The number of Topliss-reactive ketones (excluding diaryl/α,β-unsaturated/α-hetero) is 1. The number of carbonyl (C=O) groups excluding carboxylic acids is 1. The van der Waals surface area contributed by atoms with Crippen LogP contribution in [0.4, 0.5) is 0 Å². The summed E-state index contributed by atoms with van der Waals surface area (Å²) in [6.07, 6.45) is 0.625. The number of rotatable bonds is 0. The van der Waals surface area contributed by atoms with Gasteiger partial charge in [0.2, 0.25) is 0 Å². The summed E-state index contributed by atoms with van der Waals surface area (Å²) in [4.78, 5) is 12.4. The molecule has 1 N–H and O–H groups in total. The van der Waals surface area contributed by atoms with Crippen LogP contribution in [0.5, 0.6) is 0 Å². The van der Waals surface area contributed by atoms with E-state index in [1.807, 2.05) is 6.07 Å². The Morgan fingerprint density at radius 2 is 2.42 bits per heavy atom. The molecule has 0 atom stereocenters. The zero-order valence-electron chi connectivity index (χ0n) is 6.39. The lowest BCUT2D eigenvalue weighted by Gasteiger charge is -1.94. The van der Waals surface area contributed by atoms with Gasteiger partial charge >= 0.3 is 0 Å². The summed E-state index contributed by atoms with van der Waals surface area (Å²) in [7, 11) is 0. The second kappa shape index (κ2) is 3.28. The molecule has 0 bridgehead atoms. The largest absolute Gasteiger partial charge is 0.312 e. The highest BCUT2D eigenvalue weighted by Gasteiger charge is 2.17. The summed E-state index contributed by atoms with van der Waals surface area (Å²) in [5.74, 6) is 0.269. The zero-order valence-corrected chi connectivity index (χ0v) is 8.80. The molecule has 2 nitrogen and oxygen atoms in total. The van der Waals surface area contributed by atoms with E-state index in [-0.39, 0.29) is 5.78 Å². The lowest BCUT2D eigenvalue weighted by molar-refractivity contribution is 0.0989. The van der Waals surface area contributed by atoms with Crippen LogP contribution in [0, 0.1) is 0 Å². The van der Waals surface area contributed by atoms with Gasteiger partial charge in [-0.05, 0) is 27.6 Å². The topological polar surface area (TPSA) is 29.1 Å². The normalized spacial score (nSPS) is 17.2. The fourth-order valence-corrected chi connectivity index (χ4v) is 2.94. The summed E-state index contributed by atoms with van der Waals surface area (Å²) in [6, 6.07) is 2.02. The van der Waals surface area contributed by atoms with Crippen molar-refractivity contribution in [3.05, 3.63) is 20.3 Å². The van der Waals surface area contributed by atoms with Gasteiger partial charge in [-0.2, -0.15) is 0 Å². The standard InChI is InChI=1S/C8H8BrNOS/c9-7-3-5-4-10-2-1-6(11)8(5)12-7/h3,10H,1-2,4H2. The van der Waals surface area contributed by atoms with E-state index in [1.165, 1.54) is 11.3 Å². The maximum Gasteiger partial charge on any atom is 0.174 e. The van der Waals surface area contributed by atoms with E-state index in [1.54, 1.807) is 0 Å². The van der Waals surface area contributed by atoms with Crippen molar-refractivity contribution in [2.45, 2.75) is 13.0 Å². The molecule has 0 unspecified atom stereocenters. The van der Waals surface area contributed by atoms with Crippen molar-refractivity contribution in [1.29, 1.82) is 0 Å². The molecule has 2 rings (SSSR count). The molecule has 0 saturated heterocycles. The monoisotopic (exact) mass is 245 g/mol. The Kier molecular flexibility index (Phi) is 2.30. The number of carbonyl (C=O) groups is 1. The van der Waals surface area contributed by atoms with Gasteiger partial charge in [0.25, 0.3) is 0 Å². The number of hydrogen-bond acceptors (Lipinski definition) is 3. The quantitative estimate of drug-likeness (QED) is 0.760. The highest BCUT2D eigenvalue weighted by atomic mass is 79.9. The van der Waals surface area contributed by atoms with Crippen LogP contribution >= 0.6 is 27.3 Å². The van der Waals surface area contributed by atoms with Crippen LogP contribution in [0.2, 0.25) is 0 Å². The molecule has 0 saturated carbocycles. The van der Waals surface area contributed by atoms with Gasteiger partial charge in [0.1, 0.15) is 0 Å². The fraction of sp³-hybridized carbons (Fsp3) is 0.375. The Morgan fingerprint density at radius 1 is 1.58 bits per heavy atom. The first-order valence-corrected chi connectivity index (χ1v) is 5.40. The molecule has 0 spiro atoms. The van der Waals surface area contributed by atoms with Gasteiger partial charge in [-0.1, -0.05) is 0 Å². The number of ketones is 1. The highest BCUT2D eigenvalue weighted by molar-refractivity contribution is 9.11. The second-order valence-corrected chi connectivity index (χ2v) is 5.19. The number of hydrogen-bond donors (Lipinski definition) is 1. The average Bonchev–Trinajstić information content (AvgIpc) is 2.33. The minimum atomic E-state index is 0.269. The van der Waals surface area contributed by atoms with Crippen molar-refractivity contribution in [2.24, 2.45) is 0 Å². The molecule has 64 valence electrons. The number of nitrogens with one attached hydrogen (secondary N) is 1. The van der Waals surface area contributed by atoms with Crippen molar-refractivity contribution in [3.63, 3.8) is 0 Å². The maximum atomic E-state index is 11.5. The zero-order chi connectivity index (χ0) is 8.55. The van der Waals surface area contributed by atoms with Crippen LogP contribution in [0.3, 0.4) is 0 Å². The minimum absolute atomic E-state index is 0.269. The van der Waals surface area contributed by atoms with Crippen molar-refractivity contribution in [3.8, 4) is 0 Å². The fourth-order valence-electron chi connectivity index (χ4n) is 1.30. The van der Waals surface area contributed by atoms with Crippen LogP contribution in [-0.2, 0) is 6.54 Å². The number of halogens is 1. The van der Waals surface area contributed by atoms with Gasteiger partial charge in [0.05, 0.1) is 8.66 Å². The summed E-state index contributed by atoms with van der Waals surface area (Å²) in [5.41, 5.74) is 1.13. The van der Waals surface area contributed by atoms with E-state index in [4.69, 9.17) is 0 Å². The molecular weight excluding hydrogens is 238 g/mol. The first-order chi connectivity index (χ1) is 5.77. The third-order valence-electron chi connectivity index (χ3n) is 1.88. The third kappa shape index (κ3) is 1.46. The van der Waals surface area contributed by atoms with Gasteiger partial charge < -0.3 is 5.32 Å². The predicted molar refractivity (Wildman–Crippen MR) is 52.7 cm³/mol. The Morgan fingerprint density at radius 3 is 3.25 bits per heavy atom. The van der Waals surface area contributed by atoms with Crippen LogP contribution < -0.4 is 5.32 Å². The summed E-state index contributed by atoms with van der Waals surface area (Å²) >= 11 is 4.92. The van der Waals surface area contributed by atoms with Gasteiger partial charge in [-0.15, -0.1) is 11.3 Å². The molecule has 0 radical (unpaired) electrons. The first-order valence-electron chi connectivity index (χ1n) is 3.79. The smallest absolute Gasteiger partial charge is 0.174 e. The Labute approximate surface area is 83.1 Å². The molecule has 0 fully saturated rings. The van der Waals surface area contributed by atoms with E-state index in [0.717, 1.165) is 27.3 Å². The summed E-state index contributed by atoms with van der Waals surface area (Å²) in [5, 5.41) is 3.21. The third-order valence-corrected chi connectivity index (χ3v) is 3.60. The molecule has 4 heteroatoms. The van der Waals surface area contributed by atoms with E-state index in [0.29, 0.717) is 6.42 Å². The van der Waals surface area contributed by atoms with Crippen molar-refractivity contribution in [2.75, 3.05) is 6.54 Å². The molecule has 1 aliphatic heterocycles. The highest BCUT2D eigenvalue weighted by Crippen LogP contribution is 2.29. The van der Waals surface area contributed by atoms with Crippen LogP contribution in [0.25, 0.3) is 0 Å².